The first kappa shape index (κ1) is 14.1. The summed E-state index contributed by atoms with van der Waals surface area (Å²) in [6.07, 6.45) is 0. The second-order valence-corrected chi connectivity index (χ2v) is 4.60. The molecule has 1 N–H and O–H groups in total. The number of rotatable bonds is 3. The van der Waals surface area contributed by atoms with Gasteiger partial charge in [-0.2, -0.15) is 0 Å². The molecule has 0 aliphatic heterocycles. The van der Waals surface area contributed by atoms with E-state index in [1.54, 1.807) is 12.1 Å². The highest BCUT2D eigenvalue weighted by atomic mass is 16.5. The molecule has 0 saturated heterocycles. The number of benzene rings is 2. The number of hydrogen-bond acceptors (Lipinski definition) is 6. The fourth-order valence-electron chi connectivity index (χ4n) is 2.48. The van der Waals surface area contributed by atoms with Gasteiger partial charge in [0.2, 0.25) is 16.9 Å². The van der Waals surface area contributed by atoms with Gasteiger partial charge < -0.3 is 23.7 Å². The molecule has 0 fully saturated rings. The molecule has 3 rings (SSSR count). The number of aromatic hydroxyl groups is 1. The van der Waals surface area contributed by atoms with E-state index in [4.69, 9.17) is 18.6 Å². The van der Waals surface area contributed by atoms with Crippen LogP contribution in [0, 0.1) is 0 Å². The molecule has 0 amide bonds. The number of phenolic OH excluding ortho intramolecular Hbond substituents is 1. The molecule has 1 aromatic heterocycles. The predicted octanol–water partition coefficient (Wildman–Crippen LogP) is 2.68. The quantitative estimate of drug-likeness (QED) is 0.749. The molecular weight excluding hydrogens is 288 g/mol. The summed E-state index contributed by atoms with van der Waals surface area (Å²) in [6.45, 7) is 0. The second kappa shape index (κ2) is 5.14. The van der Waals surface area contributed by atoms with Crippen molar-refractivity contribution in [2.75, 3.05) is 21.3 Å². The minimum Gasteiger partial charge on any atom is -0.507 e. The van der Waals surface area contributed by atoms with Gasteiger partial charge in [0.25, 0.3) is 0 Å². The molecule has 114 valence electrons. The van der Waals surface area contributed by atoms with E-state index in [-0.39, 0.29) is 38.9 Å². The summed E-state index contributed by atoms with van der Waals surface area (Å²) in [4.78, 5) is 12.7. The van der Waals surface area contributed by atoms with Gasteiger partial charge in [0.1, 0.15) is 16.7 Å². The Hall–Kier alpha value is -2.89. The second-order valence-electron chi connectivity index (χ2n) is 4.60. The minimum absolute atomic E-state index is 0.115. The molecule has 6 nitrogen and oxygen atoms in total. The Morgan fingerprint density at radius 1 is 1.05 bits per heavy atom. The lowest BCUT2D eigenvalue weighted by molar-refractivity contribution is 0.324. The van der Waals surface area contributed by atoms with Gasteiger partial charge in [-0.15, -0.1) is 0 Å². The van der Waals surface area contributed by atoms with Crippen LogP contribution in [0.3, 0.4) is 0 Å². The predicted molar refractivity (Wildman–Crippen MR) is 81.3 cm³/mol. The average molecular weight is 302 g/mol. The summed E-state index contributed by atoms with van der Waals surface area (Å²) in [6, 6.07) is 6.14. The fourth-order valence-corrected chi connectivity index (χ4v) is 2.48. The van der Waals surface area contributed by atoms with Gasteiger partial charge in [0.15, 0.2) is 11.3 Å². The average Bonchev–Trinajstić information content (AvgIpc) is 2.53. The van der Waals surface area contributed by atoms with Crippen LogP contribution in [0.25, 0.3) is 21.9 Å². The summed E-state index contributed by atoms with van der Waals surface area (Å²) in [5, 5.41) is 10.3. The number of ether oxygens (including phenoxy) is 3. The van der Waals surface area contributed by atoms with Crippen molar-refractivity contribution < 1.29 is 23.7 Å². The van der Waals surface area contributed by atoms with E-state index in [0.29, 0.717) is 11.5 Å². The number of methoxy groups -OCH3 is 3. The van der Waals surface area contributed by atoms with E-state index >= 15 is 0 Å². The minimum atomic E-state index is -0.367. The number of hydrogen-bond donors (Lipinski definition) is 1. The largest absolute Gasteiger partial charge is 0.507 e. The molecule has 0 saturated carbocycles. The fraction of sp³-hybridized carbons (Fsp3) is 0.188. The van der Waals surface area contributed by atoms with Crippen molar-refractivity contribution in [2.45, 2.75) is 0 Å². The smallest absolute Gasteiger partial charge is 0.208 e. The SMILES string of the molecule is COc1cc2c(=O)c3c(O)cccc3oc2c(OC)c1OC. The number of fused-ring (bicyclic) bond motifs is 2. The van der Waals surface area contributed by atoms with Gasteiger partial charge in [-0.3, -0.25) is 4.79 Å². The maximum absolute atomic E-state index is 12.7. The summed E-state index contributed by atoms with van der Waals surface area (Å²) >= 11 is 0. The van der Waals surface area contributed by atoms with Crippen LogP contribution in [0.4, 0.5) is 0 Å². The Morgan fingerprint density at radius 2 is 1.77 bits per heavy atom. The Morgan fingerprint density at radius 3 is 2.41 bits per heavy atom. The van der Waals surface area contributed by atoms with Crippen LogP contribution in [0.2, 0.25) is 0 Å². The van der Waals surface area contributed by atoms with Crippen LogP contribution in [-0.4, -0.2) is 26.4 Å². The van der Waals surface area contributed by atoms with Crippen LogP contribution in [0.15, 0.2) is 33.5 Å². The van der Waals surface area contributed by atoms with Crippen LogP contribution in [0.1, 0.15) is 0 Å². The molecule has 0 aliphatic carbocycles. The van der Waals surface area contributed by atoms with Crippen molar-refractivity contribution in [1.29, 1.82) is 0 Å². The van der Waals surface area contributed by atoms with Gasteiger partial charge in [-0.05, 0) is 18.2 Å². The molecule has 3 aromatic rings. The van der Waals surface area contributed by atoms with E-state index in [2.05, 4.69) is 0 Å². The zero-order chi connectivity index (χ0) is 15.9. The summed E-state index contributed by atoms with van der Waals surface area (Å²) in [7, 11) is 4.38. The molecule has 0 radical (unpaired) electrons. The van der Waals surface area contributed by atoms with E-state index in [9.17, 15) is 9.90 Å². The van der Waals surface area contributed by atoms with Crippen molar-refractivity contribution in [1.82, 2.24) is 0 Å². The maximum atomic E-state index is 12.7. The van der Waals surface area contributed by atoms with E-state index < -0.39 is 0 Å². The Labute approximate surface area is 125 Å². The molecule has 1 heterocycles. The van der Waals surface area contributed by atoms with Gasteiger partial charge >= 0.3 is 0 Å². The zero-order valence-electron chi connectivity index (χ0n) is 12.3. The van der Waals surface area contributed by atoms with E-state index in [1.807, 2.05) is 0 Å². The zero-order valence-corrected chi connectivity index (χ0v) is 12.3. The first-order chi connectivity index (χ1) is 10.6. The molecule has 0 atom stereocenters. The normalized spacial score (nSPS) is 10.9. The van der Waals surface area contributed by atoms with Gasteiger partial charge in [0, 0.05) is 0 Å². The maximum Gasteiger partial charge on any atom is 0.208 e. The molecule has 6 heteroatoms. The van der Waals surface area contributed by atoms with Gasteiger partial charge in [-0.1, -0.05) is 6.07 Å². The van der Waals surface area contributed by atoms with E-state index in [0.717, 1.165) is 0 Å². The van der Waals surface area contributed by atoms with Gasteiger partial charge in [-0.25, -0.2) is 0 Å². The Bertz CT molecular complexity index is 925. The summed E-state index contributed by atoms with van der Waals surface area (Å²) in [5.41, 5.74) is 0.139. The Kier molecular flexibility index (Phi) is 3.29. The third-order valence-corrected chi connectivity index (χ3v) is 3.47. The lowest BCUT2D eigenvalue weighted by atomic mass is 10.1. The van der Waals surface area contributed by atoms with Crippen LogP contribution in [0.5, 0.6) is 23.0 Å². The molecule has 0 spiro atoms. The third kappa shape index (κ3) is 1.84. The van der Waals surface area contributed by atoms with Gasteiger partial charge in [0.05, 0.1) is 26.7 Å². The lowest BCUT2D eigenvalue weighted by Crippen LogP contribution is -2.05. The van der Waals surface area contributed by atoms with Crippen molar-refractivity contribution in [2.24, 2.45) is 0 Å². The van der Waals surface area contributed by atoms with Crippen molar-refractivity contribution in [3.8, 4) is 23.0 Å². The standard InChI is InChI=1S/C16H14O6/c1-19-11-7-8-13(18)12-9(17)5-4-6-10(12)22-14(8)16(21-3)15(11)20-2/h4-7,17H,1-3H3. The first-order valence-corrected chi connectivity index (χ1v) is 6.49. The van der Waals surface area contributed by atoms with Crippen molar-refractivity contribution >= 4 is 21.9 Å². The Balaban J connectivity index is 2.58. The summed E-state index contributed by atoms with van der Waals surface area (Å²) in [5.74, 6) is 0.801. The van der Waals surface area contributed by atoms with E-state index in [1.165, 1.54) is 33.5 Å². The highest BCUT2D eigenvalue weighted by Gasteiger charge is 2.21. The molecule has 2 aromatic carbocycles. The van der Waals surface area contributed by atoms with Crippen LogP contribution in [-0.2, 0) is 0 Å². The molecule has 0 unspecified atom stereocenters. The highest BCUT2D eigenvalue weighted by molar-refractivity contribution is 5.97. The number of phenols is 1. The molecule has 0 bridgehead atoms. The van der Waals surface area contributed by atoms with Crippen LogP contribution < -0.4 is 19.6 Å². The van der Waals surface area contributed by atoms with Crippen molar-refractivity contribution in [3.05, 3.63) is 34.5 Å². The molecular formula is C16H14O6. The van der Waals surface area contributed by atoms with Crippen LogP contribution >= 0.6 is 0 Å². The lowest BCUT2D eigenvalue weighted by Gasteiger charge is -2.14. The topological polar surface area (TPSA) is 78.1 Å². The monoisotopic (exact) mass is 302 g/mol. The molecule has 0 aliphatic rings. The summed E-state index contributed by atoms with van der Waals surface area (Å²) < 4.78 is 21.6. The first-order valence-electron chi connectivity index (χ1n) is 6.49. The van der Waals surface area contributed by atoms with Crippen molar-refractivity contribution in [3.63, 3.8) is 0 Å². The molecule has 22 heavy (non-hydrogen) atoms. The highest BCUT2D eigenvalue weighted by Crippen LogP contribution is 2.43. The third-order valence-electron chi connectivity index (χ3n) is 3.47.